The zero-order valence-corrected chi connectivity index (χ0v) is 10.5. The number of aromatic carboxylic acids is 1. The minimum absolute atomic E-state index is 0.126. The van der Waals surface area contributed by atoms with Gasteiger partial charge in [-0.05, 0) is 37.0 Å². The van der Waals surface area contributed by atoms with Gasteiger partial charge in [-0.3, -0.25) is 4.90 Å². The second kappa shape index (κ2) is 4.57. The third kappa shape index (κ3) is 2.16. The molecule has 0 aromatic heterocycles. The fourth-order valence-corrected chi connectivity index (χ4v) is 2.70. The smallest absolute Gasteiger partial charge is 0.335 e. The lowest BCUT2D eigenvalue weighted by Crippen LogP contribution is -2.37. The lowest BCUT2D eigenvalue weighted by atomic mass is 9.80. The summed E-state index contributed by atoms with van der Waals surface area (Å²) >= 11 is 0. The third-order valence-electron chi connectivity index (χ3n) is 4.06. The van der Waals surface area contributed by atoms with E-state index in [1.165, 1.54) is 25.3 Å². The van der Waals surface area contributed by atoms with Crippen molar-refractivity contribution < 1.29 is 14.7 Å². The summed E-state index contributed by atoms with van der Waals surface area (Å²) in [6.07, 6.45) is 3.59. The van der Waals surface area contributed by atoms with Crippen molar-refractivity contribution in [2.24, 2.45) is 5.92 Å². The molecule has 1 heterocycles. The molecule has 0 spiro atoms. The number of carbonyl (C=O) groups excluding carboxylic acids is 1. The van der Waals surface area contributed by atoms with Gasteiger partial charge in [0.25, 0.3) is 0 Å². The maximum absolute atomic E-state index is 12.0. The Balaban J connectivity index is 1.80. The van der Waals surface area contributed by atoms with E-state index in [0.717, 1.165) is 0 Å². The van der Waals surface area contributed by atoms with Crippen LogP contribution in [0.15, 0.2) is 24.3 Å². The molecule has 1 aromatic rings. The van der Waals surface area contributed by atoms with E-state index in [4.69, 9.17) is 5.11 Å². The number of benzene rings is 1. The number of carboxylic acids is 1. The van der Waals surface area contributed by atoms with E-state index in [2.05, 4.69) is 5.32 Å². The molecular formula is C14H16N2O3. The zero-order chi connectivity index (χ0) is 13.4. The van der Waals surface area contributed by atoms with Crippen molar-refractivity contribution in [3.05, 3.63) is 29.8 Å². The summed E-state index contributed by atoms with van der Waals surface area (Å²) in [4.78, 5) is 24.6. The van der Waals surface area contributed by atoms with E-state index in [0.29, 0.717) is 18.2 Å². The number of hydrogen-bond donors (Lipinski definition) is 2. The topological polar surface area (TPSA) is 69.6 Å². The van der Waals surface area contributed by atoms with Gasteiger partial charge in [0.1, 0.15) is 0 Å². The molecule has 5 heteroatoms. The number of nitrogens with zero attached hydrogens (tertiary/aromatic N) is 1. The molecule has 1 saturated carbocycles. The van der Waals surface area contributed by atoms with E-state index in [-0.39, 0.29) is 17.6 Å². The first-order valence-corrected chi connectivity index (χ1v) is 6.56. The average Bonchev–Trinajstić information content (AvgIpc) is 2.69. The van der Waals surface area contributed by atoms with Gasteiger partial charge in [-0.1, -0.05) is 12.5 Å². The highest BCUT2D eigenvalue weighted by Gasteiger charge is 2.37. The summed E-state index contributed by atoms with van der Waals surface area (Å²) in [6.45, 7) is 0.632. The van der Waals surface area contributed by atoms with Gasteiger partial charge in [-0.2, -0.15) is 0 Å². The van der Waals surface area contributed by atoms with Crippen molar-refractivity contribution in [2.45, 2.75) is 25.3 Å². The number of rotatable bonds is 3. The predicted octanol–water partition coefficient (Wildman–Crippen LogP) is 2.08. The van der Waals surface area contributed by atoms with E-state index < -0.39 is 5.97 Å². The Hall–Kier alpha value is -2.04. The Kier molecular flexibility index (Phi) is 2.89. The van der Waals surface area contributed by atoms with Gasteiger partial charge in [-0.15, -0.1) is 0 Å². The molecule has 1 saturated heterocycles. The molecule has 1 atom stereocenters. The molecule has 0 bridgehead atoms. The van der Waals surface area contributed by atoms with Crippen molar-refractivity contribution in [3.63, 3.8) is 0 Å². The Morgan fingerprint density at radius 1 is 1.37 bits per heavy atom. The first-order chi connectivity index (χ1) is 9.15. The van der Waals surface area contributed by atoms with Crippen molar-refractivity contribution in [3.8, 4) is 0 Å². The molecule has 1 aliphatic carbocycles. The molecule has 1 aromatic carbocycles. The van der Waals surface area contributed by atoms with Gasteiger partial charge in [0, 0.05) is 12.2 Å². The standard InChI is InChI=1S/C14H16N2O3/c17-13(18)10-5-2-6-11(7-10)16-8-12(15-14(16)19)9-3-1-4-9/h2,5-7,9,12H,1,3-4,8H2,(H,15,19)(H,17,18). The van der Waals surface area contributed by atoms with Gasteiger partial charge < -0.3 is 10.4 Å². The Morgan fingerprint density at radius 3 is 2.79 bits per heavy atom. The minimum Gasteiger partial charge on any atom is -0.478 e. The highest BCUT2D eigenvalue weighted by Crippen LogP contribution is 2.33. The van der Waals surface area contributed by atoms with Crippen molar-refractivity contribution >= 4 is 17.7 Å². The summed E-state index contributed by atoms with van der Waals surface area (Å²) in [6, 6.07) is 6.60. The molecule has 100 valence electrons. The van der Waals surface area contributed by atoms with Gasteiger partial charge in [0.15, 0.2) is 0 Å². The van der Waals surface area contributed by atoms with Crippen LogP contribution >= 0.6 is 0 Å². The molecule has 1 aliphatic heterocycles. The van der Waals surface area contributed by atoms with Crippen LogP contribution in [0.5, 0.6) is 0 Å². The predicted molar refractivity (Wildman–Crippen MR) is 70.4 cm³/mol. The van der Waals surface area contributed by atoms with E-state index in [9.17, 15) is 9.59 Å². The fraction of sp³-hybridized carbons (Fsp3) is 0.429. The molecule has 3 rings (SSSR count). The summed E-state index contributed by atoms with van der Waals surface area (Å²) in [5, 5.41) is 12.0. The van der Waals surface area contributed by atoms with Crippen molar-refractivity contribution in [1.82, 2.24) is 5.32 Å². The van der Waals surface area contributed by atoms with Crippen LogP contribution in [0.25, 0.3) is 0 Å². The lowest BCUT2D eigenvalue weighted by Gasteiger charge is -2.30. The van der Waals surface area contributed by atoms with Crippen LogP contribution in [0, 0.1) is 5.92 Å². The Labute approximate surface area is 111 Å². The fourth-order valence-electron chi connectivity index (χ4n) is 2.70. The first kappa shape index (κ1) is 12.0. The second-order valence-electron chi connectivity index (χ2n) is 5.21. The molecule has 2 amide bonds. The first-order valence-electron chi connectivity index (χ1n) is 6.56. The van der Waals surface area contributed by atoms with Crippen LogP contribution in [-0.4, -0.2) is 29.7 Å². The summed E-state index contributed by atoms with van der Waals surface area (Å²) in [7, 11) is 0. The average molecular weight is 260 g/mol. The number of amides is 2. The lowest BCUT2D eigenvalue weighted by molar-refractivity contribution is 0.0697. The minimum atomic E-state index is -0.975. The summed E-state index contributed by atoms with van der Waals surface area (Å²) in [5.74, 6) is -0.395. The summed E-state index contributed by atoms with van der Waals surface area (Å²) < 4.78 is 0. The highest BCUT2D eigenvalue weighted by atomic mass is 16.4. The molecular weight excluding hydrogens is 244 g/mol. The van der Waals surface area contributed by atoms with Gasteiger partial charge >= 0.3 is 12.0 Å². The maximum Gasteiger partial charge on any atom is 0.335 e. The molecule has 2 fully saturated rings. The molecule has 2 N–H and O–H groups in total. The monoisotopic (exact) mass is 260 g/mol. The second-order valence-corrected chi connectivity index (χ2v) is 5.21. The number of nitrogens with one attached hydrogen (secondary N) is 1. The number of hydrogen-bond acceptors (Lipinski definition) is 2. The SMILES string of the molecule is O=C(O)c1cccc(N2CC(C3CCC3)NC2=O)c1. The Bertz CT molecular complexity index is 525. The van der Waals surface area contributed by atoms with E-state index >= 15 is 0 Å². The quantitative estimate of drug-likeness (QED) is 0.874. The van der Waals surface area contributed by atoms with Crippen LogP contribution in [0.3, 0.4) is 0 Å². The van der Waals surface area contributed by atoms with Crippen molar-refractivity contribution in [1.29, 1.82) is 0 Å². The Morgan fingerprint density at radius 2 is 2.16 bits per heavy atom. The van der Waals surface area contributed by atoms with Crippen LogP contribution < -0.4 is 10.2 Å². The molecule has 19 heavy (non-hydrogen) atoms. The normalized spacial score (nSPS) is 23.1. The van der Waals surface area contributed by atoms with Gasteiger partial charge in [-0.25, -0.2) is 9.59 Å². The van der Waals surface area contributed by atoms with Crippen LogP contribution in [0.4, 0.5) is 10.5 Å². The highest BCUT2D eigenvalue weighted by molar-refractivity contribution is 5.96. The summed E-state index contributed by atoms with van der Waals surface area (Å²) in [5.41, 5.74) is 0.858. The molecule has 0 radical (unpaired) electrons. The molecule has 2 aliphatic rings. The van der Waals surface area contributed by atoms with Crippen molar-refractivity contribution in [2.75, 3.05) is 11.4 Å². The van der Waals surface area contributed by atoms with E-state index in [1.807, 2.05) is 0 Å². The maximum atomic E-state index is 12.0. The largest absolute Gasteiger partial charge is 0.478 e. The van der Waals surface area contributed by atoms with Gasteiger partial charge in [0.05, 0.1) is 11.6 Å². The zero-order valence-electron chi connectivity index (χ0n) is 10.5. The third-order valence-corrected chi connectivity index (χ3v) is 4.06. The molecule has 5 nitrogen and oxygen atoms in total. The van der Waals surface area contributed by atoms with Crippen LogP contribution in [-0.2, 0) is 0 Å². The number of urea groups is 1. The number of carboxylic acid groups (broad SMARTS) is 1. The van der Waals surface area contributed by atoms with Crippen LogP contribution in [0.2, 0.25) is 0 Å². The van der Waals surface area contributed by atoms with Crippen LogP contribution in [0.1, 0.15) is 29.6 Å². The molecule has 1 unspecified atom stereocenters. The van der Waals surface area contributed by atoms with E-state index in [1.54, 1.807) is 23.1 Å². The van der Waals surface area contributed by atoms with Gasteiger partial charge in [0.2, 0.25) is 0 Å². The number of carbonyl (C=O) groups is 2. The number of anilines is 1.